The summed E-state index contributed by atoms with van der Waals surface area (Å²) >= 11 is 0. The molecule has 3 heteroatoms. The van der Waals surface area contributed by atoms with Crippen molar-refractivity contribution in [2.75, 3.05) is 0 Å². The first-order valence-corrected chi connectivity index (χ1v) is 4.41. The van der Waals surface area contributed by atoms with Gasteiger partial charge in [-0.05, 0) is 32.9 Å². The van der Waals surface area contributed by atoms with Crippen molar-refractivity contribution in [3.8, 4) is 5.75 Å². The van der Waals surface area contributed by atoms with Crippen molar-refractivity contribution in [1.82, 2.24) is 0 Å². The average Bonchev–Trinajstić information content (AvgIpc) is 2.08. The minimum atomic E-state index is -1.19. The third-order valence-electron chi connectivity index (χ3n) is 1.91. The fourth-order valence-electron chi connectivity index (χ4n) is 0.945. The SMILES string of the molecule is Cc1ccc(OC(C)(C)C(=O)O)cc1. The number of ether oxygens (including phenoxy) is 1. The molecule has 0 aliphatic heterocycles. The van der Waals surface area contributed by atoms with E-state index in [1.165, 1.54) is 13.8 Å². The largest absolute Gasteiger partial charge is 0.478 e. The Kier molecular flexibility index (Phi) is 2.79. The third kappa shape index (κ3) is 2.49. The van der Waals surface area contributed by atoms with Gasteiger partial charge >= 0.3 is 5.97 Å². The fourth-order valence-corrected chi connectivity index (χ4v) is 0.945. The number of benzene rings is 1. The summed E-state index contributed by atoms with van der Waals surface area (Å²) in [5.74, 6) is -0.402. The molecule has 0 amide bonds. The van der Waals surface area contributed by atoms with E-state index >= 15 is 0 Å². The van der Waals surface area contributed by atoms with Crippen LogP contribution in [0.25, 0.3) is 0 Å². The Bertz CT molecular complexity index is 325. The van der Waals surface area contributed by atoms with Gasteiger partial charge in [-0.3, -0.25) is 0 Å². The Morgan fingerprint density at radius 1 is 1.29 bits per heavy atom. The number of carbonyl (C=O) groups is 1. The van der Waals surface area contributed by atoms with Crippen LogP contribution in [0, 0.1) is 6.92 Å². The lowest BCUT2D eigenvalue weighted by Crippen LogP contribution is -2.37. The van der Waals surface area contributed by atoms with Gasteiger partial charge in [0.15, 0.2) is 5.60 Å². The molecule has 0 unspecified atom stereocenters. The molecule has 0 aromatic heterocycles. The van der Waals surface area contributed by atoms with Crippen LogP contribution >= 0.6 is 0 Å². The zero-order chi connectivity index (χ0) is 10.8. The summed E-state index contributed by atoms with van der Waals surface area (Å²) < 4.78 is 5.32. The Morgan fingerprint density at radius 2 is 1.79 bits per heavy atom. The van der Waals surface area contributed by atoms with Crippen molar-refractivity contribution >= 4 is 5.97 Å². The molecular weight excluding hydrogens is 180 g/mol. The molecule has 0 aliphatic carbocycles. The van der Waals surface area contributed by atoms with Crippen LogP contribution < -0.4 is 4.74 Å². The minimum Gasteiger partial charge on any atom is -0.478 e. The summed E-state index contributed by atoms with van der Waals surface area (Å²) in [6.07, 6.45) is 0. The van der Waals surface area contributed by atoms with E-state index in [-0.39, 0.29) is 0 Å². The molecule has 1 aromatic carbocycles. The Hall–Kier alpha value is -1.51. The van der Waals surface area contributed by atoms with Crippen LogP contribution in [0.15, 0.2) is 24.3 Å². The van der Waals surface area contributed by atoms with Crippen LogP contribution in [0.2, 0.25) is 0 Å². The molecule has 0 aliphatic rings. The molecule has 1 aromatic rings. The maximum Gasteiger partial charge on any atom is 0.347 e. The molecule has 0 heterocycles. The molecule has 3 nitrogen and oxygen atoms in total. The van der Waals surface area contributed by atoms with Crippen molar-refractivity contribution in [2.24, 2.45) is 0 Å². The minimum absolute atomic E-state index is 0.572. The second kappa shape index (κ2) is 3.70. The van der Waals surface area contributed by atoms with Crippen LogP contribution in [0.1, 0.15) is 19.4 Å². The van der Waals surface area contributed by atoms with Crippen LogP contribution in [0.5, 0.6) is 5.75 Å². The standard InChI is InChI=1S/C11H14O3/c1-8-4-6-9(7-5-8)14-11(2,3)10(12)13/h4-7H,1-3H3,(H,12,13). The van der Waals surface area contributed by atoms with Crippen molar-refractivity contribution in [2.45, 2.75) is 26.4 Å². The van der Waals surface area contributed by atoms with E-state index in [2.05, 4.69) is 0 Å². The number of carboxylic acids is 1. The molecule has 0 saturated heterocycles. The summed E-state index contributed by atoms with van der Waals surface area (Å²) in [7, 11) is 0. The third-order valence-corrected chi connectivity index (χ3v) is 1.91. The van der Waals surface area contributed by atoms with Crippen molar-refractivity contribution in [3.05, 3.63) is 29.8 Å². The summed E-state index contributed by atoms with van der Waals surface area (Å²) in [5.41, 5.74) is -0.0691. The average molecular weight is 194 g/mol. The normalized spacial score (nSPS) is 11.1. The molecular formula is C11H14O3. The highest BCUT2D eigenvalue weighted by Gasteiger charge is 2.29. The first-order chi connectivity index (χ1) is 6.42. The van der Waals surface area contributed by atoms with Crippen LogP contribution in [0.3, 0.4) is 0 Å². The summed E-state index contributed by atoms with van der Waals surface area (Å²) in [6.45, 7) is 5.01. The van der Waals surface area contributed by atoms with E-state index in [1.54, 1.807) is 12.1 Å². The molecule has 0 bridgehead atoms. The number of aliphatic carboxylic acids is 1. The number of rotatable bonds is 3. The quantitative estimate of drug-likeness (QED) is 0.802. The zero-order valence-electron chi connectivity index (χ0n) is 8.57. The van der Waals surface area contributed by atoms with Gasteiger partial charge < -0.3 is 9.84 Å². The second-order valence-corrected chi connectivity index (χ2v) is 3.73. The van der Waals surface area contributed by atoms with E-state index < -0.39 is 11.6 Å². The van der Waals surface area contributed by atoms with Gasteiger partial charge in [-0.2, -0.15) is 0 Å². The molecule has 76 valence electrons. The molecule has 0 fully saturated rings. The number of hydrogen-bond acceptors (Lipinski definition) is 2. The van der Waals surface area contributed by atoms with E-state index in [1.807, 2.05) is 19.1 Å². The molecule has 1 rings (SSSR count). The summed E-state index contributed by atoms with van der Waals surface area (Å²) in [4.78, 5) is 10.8. The first kappa shape index (κ1) is 10.6. The number of carboxylic acid groups (broad SMARTS) is 1. The fraction of sp³-hybridized carbons (Fsp3) is 0.364. The van der Waals surface area contributed by atoms with E-state index in [4.69, 9.17) is 9.84 Å². The van der Waals surface area contributed by atoms with Gasteiger partial charge in [-0.15, -0.1) is 0 Å². The smallest absolute Gasteiger partial charge is 0.347 e. The maximum atomic E-state index is 10.8. The van der Waals surface area contributed by atoms with Gasteiger partial charge in [0.2, 0.25) is 0 Å². The van der Waals surface area contributed by atoms with E-state index in [0.717, 1.165) is 5.56 Å². The van der Waals surface area contributed by atoms with Crippen LogP contribution in [0.4, 0.5) is 0 Å². The van der Waals surface area contributed by atoms with E-state index in [0.29, 0.717) is 5.75 Å². The molecule has 0 atom stereocenters. The number of aryl methyl sites for hydroxylation is 1. The molecule has 1 N–H and O–H groups in total. The monoisotopic (exact) mass is 194 g/mol. The van der Waals surface area contributed by atoms with Gasteiger partial charge in [0.1, 0.15) is 5.75 Å². The number of hydrogen-bond donors (Lipinski definition) is 1. The molecule has 14 heavy (non-hydrogen) atoms. The Morgan fingerprint density at radius 3 is 2.21 bits per heavy atom. The van der Waals surface area contributed by atoms with Gasteiger partial charge in [-0.1, -0.05) is 17.7 Å². The highest BCUT2D eigenvalue weighted by Crippen LogP contribution is 2.18. The van der Waals surface area contributed by atoms with Gasteiger partial charge in [0.05, 0.1) is 0 Å². The highest BCUT2D eigenvalue weighted by molar-refractivity contribution is 5.76. The van der Waals surface area contributed by atoms with Crippen LogP contribution in [-0.2, 0) is 4.79 Å². The maximum absolute atomic E-state index is 10.8. The highest BCUT2D eigenvalue weighted by atomic mass is 16.5. The predicted octanol–water partition coefficient (Wildman–Crippen LogP) is 2.24. The Balaban J connectivity index is 2.79. The van der Waals surface area contributed by atoms with Crippen molar-refractivity contribution in [1.29, 1.82) is 0 Å². The van der Waals surface area contributed by atoms with Gasteiger partial charge in [-0.25, -0.2) is 4.79 Å². The first-order valence-electron chi connectivity index (χ1n) is 4.41. The lowest BCUT2D eigenvalue weighted by atomic mass is 10.1. The van der Waals surface area contributed by atoms with Crippen LogP contribution in [-0.4, -0.2) is 16.7 Å². The topological polar surface area (TPSA) is 46.5 Å². The zero-order valence-corrected chi connectivity index (χ0v) is 8.57. The summed E-state index contributed by atoms with van der Waals surface area (Å²) in [6, 6.07) is 7.29. The van der Waals surface area contributed by atoms with Gasteiger partial charge in [0.25, 0.3) is 0 Å². The molecule has 0 spiro atoms. The predicted molar refractivity (Wildman–Crippen MR) is 53.5 cm³/mol. The van der Waals surface area contributed by atoms with Crippen molar-refractivity contribution < 1.29 is 14.6 Å². The van der Waals surface area contributed by atoms with E-state index in [9.17, 15) is 4.79 Å². The lowest BCUT2D eigenvalue weighted by Gasteiger charge is -2.21. The Labute approximate surface area is 83.3 Å². The molecule has 0 radical (unpaired) electrons. The molecule has 0 saturated carbocycles. The lowest BCUT2D eigenvalue weighted by molar-refractivity contribution is -0.152. The van der Waals surface area contributed by atoms with Crippen molar-refractivity contribution in [3.63, 3.8) is 0 Å². The summed E-state index contributed by atoms with van der Waals surface area (Å²) in [5, 5.41) is 8.83. The second-order valence-electron chi connectivity index (χ2n) is 3.73. The van der Waals surface area contributed by atoms with Gasteiger partial charge in [0, 0.05) is 0 Å².